The van der Waals surface area contributed by atoms with Crippen LogP contribution in [0.1, 0.15) is 39.5 Å². The van der Waals surface area contributed by atoms with Gasteiger partial charge >= 0.3 is 5.97 Å². The lowest BCUT2D eigenvalue weighted by Gasteiger charge is -2.15. The largest absolute Gasteiger partial charge is 0.478 e. The highest BCUT2D eigenvalue weighted by molar-refractivity contribution is 5.87. The summed E-state index contributed by atoms with van der Waals surface area (Å²) in [5.74, 6) is -3.02. The molecule has 114 valence electrons. The summed E-state index contributed by atoms with van der Waals surface area (Å²) < 4.78 is 27.8. The van der Waals surface area contributed by atoms with Gasteiger partial charge in [0.2, 0.25) is 0 Å². The van der Waals surface area contributed by atoms with Gasteiger partial charge in [-0.1, -0.05) is 24.3 Å². The summed E-state index contributed by atoms with van der Waals surface area (Å²) in [4.78, 5) is 10.8. The van der Waals surface area contributed by atoms with Gasteiger partial charge in [-0.25, -0.2) is 13.6 Å². The summed E-state index contributed by atoms with van der Waals surface area (Å²) in [5, 5.41) is 11.9. The van der Waals surface area contributed by atoms with Crippen molar-refractivity contribution in [1.82, 2.24) is 5.32 Å². The number of carboxylic acids is 1. The number of benzene rings is 2. The van der Waals surface area contributed by atoms with E-state index in [0.29, 0.717) is 0 Å². The first-order valence-electron chi connectivity index (χ1n) is 7.08. The van der Waals surface area contributed by atoms with E-state index in [1.807, 2.05) is 18.2 Å². The predicted molar refractivity (Wildman–Crippen MR) is 77.7 cm³/mol. The summed E-state index contributed by atoms with van der Waals surface area (Å²) in [7, 11) is 0. The molecule has 1 aliphatic rings. The molecule has 22 heavy (non-hydrogen) atoms. The number of rotatable bonds is 4. The number of halogens is 2. The van der Waals surface area contributed by atoms with Crippen molar-refractivity contribution < 1.29 is 18.7 Å². The topological polar surface area (TPSA) is 49.3 Å². The van der Waals surface area contributed by atoms with Crippen LogP contribution in [-0.2, 0) is 13.0 Å². The number of carboxylic acid groups (broad SMARTS) is 1. The molecule has 5 heteroatoms. The van der Waals surface area contributed by atoms with Gasteiger partial charge in [0.05, 0.1) is 5.56 Å². The summed E-state index contributed by atoms with van der Waals surface area (Å²) >= 11 is 0. The molecule has 2 N–H and O–H groups in total. The molecule has 0 amide bonds. The van der Waals surface area contributed by atoms with Gasteiger partial charge in [0.1, 0.15) is 11.6 Å². The Morgan fingerprint density at radius 1 is 1.23 bits per heavy atom. The average Bonchev–Trinajstić information content (AvgIpc) is 2.89. The van der Waals surface area contributed by atoms with E-state index in [9.17, 15) is 13.6 Å². The Morgan fingerprint density at radius 3 is 2.59 bits per heavy atom. The van der Waals surface area contributed by atoms with Crippen LogP contribution in [-0.4, -0.2) is 11.1 Å². The van der Waals surface area contributed by atoms with E-state index in [2.05, 4.69) is 11.4 Å². The van der Waals surface area contributed by atoms with Crippen LogP contribution in [0.25, 0.3) is 0 Å². The van der Waals surface area contributed by atoms with Crippen LogP contribution >= 0.6 is 0 Å². The summed E-state index contributed by atoms with van der Waals surface area (Å²) in [6.07, 6.45) is 1.83. The van der Waals surface area contributed by atoms with E-state index in [-0.39, 0.29) is 23.7 Å². The van der Waals surface area contributed by atoms with Gasteiger partial charge < -0.3 is 10.4 Å². The third-order valence-electron chi connectivity index (χ3n) is 4.05. The third kappa shape index (κ3) is 2.72. The maximum atomic E-state index is 13.9. The van der Waals surface area contributed by atoms with Gasteiger partial charge in [-0.15, -0.1) is 0 Å². The molecule has 0 heterocycles. The van der Waals surface area contributed by atoms with Gasteiger partial charge in [0.15, 0.2) is 0 Å². The van der Waals surface area contributed by atoms with Crippen LogP contribution in [0.15, 0.2) is 36.4 Å². The SMILES string of the molecule is O=C(O)c1cc(F)c(CN[C@@H]2CCc3ccccc32)c(F)c1. The van der Waals surface area contributed by atoms with Gasteiger partial charge in [0.25, 0.3) is 0 Å². The standard InChI is InChI=1S/C17H15F2NO2/c18-14-7-11(17(21)22)8-15(19)13(14)9-20-16-6-5-10-3-1-2-4-12(10)16/h1-4,7-8,16,20H,5-6,9H2,(H,21,22)/t16-/m1/s1. The predicted octanol–water partition coefficient (Wildman–Crippen LogP) is 3.44. The molecule has 0 spiro atoms. The van der Waals surface area contributed by atoms with Crippen LogP contribution in [0, 0.1) is 11.6 Å². The lowest BCUT2D eigenvalue weighted by atomic mass is 10.1. The average molecular weight is 303 g/mol. The smallest absolute Gasteiger partial charge is 0.335 e. The molecule has 3 rings (SSSR count). The molecule has 1 aliphatic carbocycles. The molecule has 0 bridgehead atoms. The molecular formula is C17H15F2NO2. The number of aryl methyl sites for hydroxylation is 1. The molecule has 0 aromatic heterocycles. The minimum absolute atomic E-state index is 0.0244. The van der Waals surface area contributed by atoms with Crippen LogP contribution in [0.5, 0.6) is 0 Å². The van der Waals surface area contributed by atoms with Crippen LogP contribution in [0.4, 0.5) is 8.78 Å². The normalized spacial score (nSPS) is 16.5. The molecule has 0 saturated heterocycles. The van der Waals surface area contributed by atoms with Gasteiger partial charge in [-0.2, -0.15) is 0 Å². The highest BCUT2D eigenvalue weighted by atomic mass is 19.1. The van der Waals surface area contributed by atoms with Gasteiger partial charge in [-0.05, 0) is 36.1 Å². The minimum Gasteiger partial charge on any atom is -0.478 e. The molecule has 0 saturated carbocycles. The lowest BCUT2D eigenvalue weighted by molar-refractivity contribution is 0.0695. The first-order chi connectivity index (χ1) is 10.6. The van der Waals surface area contributed by atoms with Crippen molar-refractivity contribution in [3.63, 3.8) is 0 Å². The first-order valence-corrected chi connectivity index (χ1v) is 7.08. The summed E-state index contributed by atoms with van der Waals surface area (Å²) in [6, 6.07) is 9.76. The third-order valence-corrected chi connectivity index (χ3v) is 4.05. The quantitative estimate of drug-likeness (QED) is 0.909. The van der Waals surface area contributed by atoms with E-state index >= 15 is 0 Å². The Hall–Kier alpha value is -2.27. The van der Waals surface area contributed by atoms with E-state index < -0.39 is 17.6 Å². The van der Waals surface area contributed by atoms with Crippen LogP contribution in [0.2, 0.25) is 0 Å². The van der Waals surface area contributed by atoms with E-state index in [1.165, 1.54) is 5.56 Å². The molecule has 0 radical (unpaired) electrons. The second-order valence-corrected chi connectivity index (χ2v) is 5.39. The van der Waals surface area contributed by atoms with Crippen molar-refractivity contribution in [3.8, 4) is 0 Å². The van der Waals surface area contributed by atoms with Crippen molar-refractivity contribution in [2.45, 2.75) is 25.4 Å². The molecular weight excluding hydrogens is 288 g/mol. The van der Waals surface area contributed by atoms with Crippen molar-refractivity contribution in [3.05, 3.63) is 70.3 Å². The molecule has 0 unspecified atom stereocenters. The van der Waals surface area contributed by atoms with Gasteiger partial charge in [0, 0.05) is 18.2 Å². The molecule has 2 aromatic rings. The first kappa shape index (κ1) is 14.7. The zero-order chi connectivity index (χ0) is 15.7. The monoisotopic (exact) mass is 303 g/mol. The zero-order valence-electron chi connectivity index (χ0n) is 11.8. The maximum Gasteiger partial charge on any atom is 0.335 e. The second-order valence-electron chi connectivity index (χ2n) is 5.39. The lowest BCUT2D eigenvalue weighted by Crippen LogP contribution is -2.20. The second kappa shape index (κ2) is 5.85. The highest BCUT2D eigenvalue weighted by Gasteiger charge is 2.22. The van der Waals surface area contributed by atoms with Crippen molar-refractivity contribution in [2.24, 2.45) is 0 Å². The minimum atomic E-state index is -1.35. The number of hydrogen-bond acceptors (Lipinski definition) is 2. The van der Waals surface area contributed by atoms with Gasteiger partial charge in [-0.3, -0.25) is 0 Å². The maximum absolute atomic E-state index is 13.9. The molecule has 3 nitrogen and oxygen atoms in total. The van der Waals surface area contributed by atoms with Crippen molar-refractivity contribution >= 4 is 5.97 Å². The zero-order valence-corrected chi connectivity index (χ0v) is 11.8. The number of nitrogens with one attached hydrogen (secondary N) is 1. The van der Waals surface area contributed by atoms with Crippen molar-refractivity contribution in [2.75, 3.05) is 0 Å². The molecule has 2 aromatic carbocycles. The number of hydrogen-bond donors (Lipinski definition) is 2. The van der Waals surface area contributed by atoms with E-state index in [4.69, 9.17) is 5.11 Å². The Balaban J connectivity index is 1.77. The number of fused-ring (bicyclic) bond motifs is 1. The number of aromatic carboxylic acids is 1. The highest BCUT2D eigenvalue weighted by Crippen LogP contribution is 2.31. The summed E-state index contributed by atoms with van der Waals surface area (Å²) in [5.41, 5.74) is 1.90. The van der Waals surface area contributed by atoms with E-state index in [1.54, 1.807) is 0 Å². The van der Waals surface area contributed by atoms with Crippen LogP contribution in [0.3, 0.4) is 0 Å². The summed E-state index contributed by atoms with van der Waals surface area (Å²) in [6.45, 7) is 0.0244. The Kier molecular flexibility index (Phi) is 3.90. The molecule has 0 fully saturated rings. The van der Waals surface area contributed by atoms with E-state index in [0.717, 1.165) is 30.5 Å². The fraction of sp³-hybridized carbons (Fsp3) is 0.235. The molecule has 0 aliphatic heterocycles. The molecule has 1 atom stereocenters. The van der Waals surface area contributed by atoms with Crippen LogP contribution < -0.4 is 5.32 Å². The Labute approximate surface area is 126 Å². The van der Waals surface area contributed by atoms with Crippen molar-refractivity contribution in [1.29, 1.82) is 0 Å². The fourth-order valence-electron chi connectivity index (χ4n) is 2.89. The Morgan fingerprint density at radius 2 is 1.91 bits per heavy atom. The fourth-order valence-corrected chi connectivity index (χ4v) is 2.89. The number of carbonyl (C=O) groups is 1. The Bertz CT molecular complexity index is 707.